The number of amides is 2. The van der Waals surface area contributed by atoms with E-state index >= 15 is 0 Å². The maximum absolute atomic E-state index is 11.8. The van der Waals surface area contributed by atoms with Gasteiger partial charge in [0.25, 0.3) is 0 Å². The fraction of sp³-hybridized carbons (Fsp3) is 0.394. The summed E-state index contributed by atoms with van der Waals surface area (Å²) in [4.78, 5) is 23.6. The molecule has 0 aliphatic carbocycles. The highest BCUT2D eigenvalue weighted by atomic mass is 16.6. The highest BCUT2D eigenvalue weighted by Crippen LogP contribution is 2.23. The molecule has 0 spiro atoms. The molecular weight excluding hydrogens is 560 g/mol. The lowest BCUT2D eigenvalue weighted by molar-refractivity contribution is 0.139. The number of carbonyl (C=O) groups is 2. The minimum atomic E-state index is -0.419. The number of hydrogen-bond acceptors (Lipinski definition) is 9. The van der Waals surface area contributed by atoms with Crippen molar-refractivity contribution in [1.29, 1.82) is 0 Å². The van der Waals surface area contributed by atoms with Gasteiger partial charge in [-0.2, -0.15) is 0 Å². The Morgan fingerprint density at radius 2 is 0.932 bits per heavy atom. The minimum Gasteiger partial charge on any atom is -0.496 e. The predicted octanol–water partition coefficient (Wildman–Crippen LogP) is 2.91. The van der Waals surface area contributed by atoms with E-state index in [4.69, 9.17) is 14.2 Å². The molecule has 0 bridgehead atoms. The Kier molecular flexibility index (Phi) is 16.8. The standard InChI is InChI=1S/C33H46N6O5/c1-42-31-29(23-36-17-15-34-19-21-38-32(40)43-25-27-9-4-2-5-10-27)13-8-14-30(31)24-37-18-16-35-20-22-39-33(41)44-26-28-11-6-3-7-12-28/h2-14,34-37H,15-26H2,1H3,(H,38,40)(H,39,41). The molecule has 3 aromatic rings. The summed E-state index contributed by atoms with van der Waals surface area (Å²) in [5.41, 5.74) is 4.11. The lowest BCUT2D eigenvalue weighted by Crippen LogP contribution is -2.35. The third-order valence-electron chi connectivity index (χ3n) is 6.54. The van der Waals surface area contributed by atoms with Gasteiger partial charge in [0, 0.05) is 76.6 Å². The number of methoxy groups -OCH3 is 1. The Hall–Kier alpha value is -4.16. The molecular formula is C33H46N6O5. The molecule has 0 aromatic heterocycles. The number of rotatable bonds is 21. The van der Waals surface area contributed by atoms with Crippen molar-refractivity contribution in [3.8, 4) is 5.75 Å². The Labute approximate surface area is 260 Å². The van der Waals surface area contributed by atoms with Crippen LogP contribution in [0.4, 0.5) is 9.59 Å². The van der Waals surface area contributed by atoms with Crippen LogP contribution in [-0.2, 0) is 35.8 Å². The van der Waals surface area contributed by atoms with E-state index in [1.54, 1.807) is 7.11 Å². The van der Waals surface area contributed by atoms with E-state index in [1.165, 1.54) is 0 Å². The van der Waals surface area contributed by atoms with Crippen LogP contribution in [0.5, 0.6) is 5.75 Å². The molecule has 3 rings (SSSR count). The molecule has 0 radical (unpaired) electrons. The van der Waals surface area contributed by atoms with Crippen molar-refractivity contribution < 1.29 is 23.8 Å². The predicted molar refractivity (Wildman–Crippen MR) is 171 cm³/mol. The molecule has 238 valence electrons. The van der Waals surface area contributed by atoms with Gasteiger partial charge in [-0.15, -0.1) is 0 Å². The second-order valence-electron chi connectivity index (χ2n) is 9.94. The summed E-state index contributed by atoms with van der Waals surface area (Å²) in [5, 5.41) is 19.0. The molecule has 0 aliphatic rings. The third-order valence-corrected chi connectivity index (χ3v) is 6.54. The summed E-state index contributed by atoms with van der Waals surface area (Å²) in [7, 11) is 1.70. The van der Waals surface area contributed by atoms with E-state index in [0.29, 0.717) is 39.3 Å². The quantitative estimate of drug-likeness (QED) is 0.101. The van der Waals surface area contributed by atoms with Crippen LogP contribution < -0.4 is 36.6 Å². The van der Waals surface area contributed by atoms with Crippen molar-refractivity contribution in [3.63, 3.8) is 0 Å². The highest BCUT2D eigenvalue weighted by Gasteiger charge is 2.09. The Morgan fingerprint density at radius 3 is 1.36 bits per heavy atom. The lowest BCUT2D eigenvalue weighted by Gasteiger charge is -2.15. The monoisotopic (exact) mass is 606 g/mol. The fourth-order valence-electron chi connectivity index (χ4n) is 4.28. The lowest BCUT2D eigenvalue weighted by atomic mass is 10.1. The smallest absolute Gasteiger partial charge is 0.407 e. The second kappa shape index (κ2) is 21.5. The molecule has 0 atom stereocenters. The van der Waals surface area contributed by atoms with Crippen molar-refractivity contribution in [2.75, 3.05) is 59.5 Å². The highest BCUT2D eigenvalue weighted by molar-refractivity contribution is 5.67. The van der Waals surface area contributed by atoms with Crippen molar-refractivity contribution in [1.82, 2.24) is 31.9 Å². The second-order valence-corrected chi connectivity index (χ2v) is 9.94. The van der Waals surface area contributed by atoms with Gasteiger partial charge in [-0.05, 0) is 11.1 Å². The van der Waals surface area contributed by atoms with E-state index in [-0.39, 0.29) is 13.2 Å². The average molecular weight is 607 g/mol. The number of alkyl carbamates (subject to hydrolysis) is 2. The van der Waals surface area contributed by atoms with Crippen LogP contribution in [0.2, 0.25) is 0 Å². The van der Waals surface area contributed by atoms with Crippen LogP contribution in [0.1, 0.15) is 22.3 Å². The molecule has 3 aromatic carbocycles. The molecule has 0 saturated carbocycles. The number of hydrogen-bond donors (Lipinski definition) is 6. The zero-order valence-electron chi connectivity index (χ0n) is 25.5. The zero-order chi connectivity index (χ0) is 31.1. The molecule has 6 N–H and O–H groups in total. The molecule has 0 heterocycles. The summed E-state index contributed by atoms with van der Waals surface area (Å²) >= 11 is 0. The summed E-state index contributed by atoms with van der Waals surface area (Å²) in [6.45, 7) is 7.26. The minimum absolute atomic E-state index is 0.261. The summed E-state index contributed by atoms with van der Waals surface area (Å²) < 4.78 is 16.1. The summed E-state index contributed by atoms with van der Waals surface area (Å²) in [6, 6.07) is 25.4. The third kappa shape index (κ3) is 14.3. The number of para-hydroxylation sites is 1. The van der Waals surface area contributed by atoms with Crippen LogP contribution >= 0.6 is 0 Å². The SMILES string of the molecule is COc1c(CNCCNCCNC(=O)OCc2ccccc2)cccc1CNCCNCCNC(=O)OCc1ccccc1. The number of ether oxygens (including phenoxy) is 3. The summed E-state index contributed by atoms with van der Waals surface area (Å²) in [5.74, 6) is 0.879. The molecule has 2 amide bonds. The van der Waals surface area contributed by atoms with Crippen LogP contribution in [-0.4, -0.2) is 71.7 Å². The van der Waals surface area contributed by atoms with Crippen molar-refractivity contribution >= 4 is 12.2 Å². The van der Waals surface area contributed by atoms with E-state index in [2.05, 4.69) is 44.0 Å². The van der Waals surface area contributed by atoms with Gasteiger partial charge in [-0.3, -0.25) is 0 Å². The zero-order valence-corrected chi connectivity index (χ0v) is 25.5. The van der Waals surface area contributed by atoms with E-state index < -0.39 is 12.2 Å². The van der Waals surface area contributed by atoms with Crippen molar-refractivity contribution in [3.05, 3.63) is 101 Å². The fourth-order valence-corrected chi connectivity index (χ4v) is 4.28. The molecule has 44 heavy (non-hydrogen) atoms. The maximum atomic E-state index is 11.8. The first-order valence-electron chi connectivity index (χ1n) is 15.0. The van der Waals surface area contributed by atoms with Gasteiger partial charge >= 0.3 is 12.2 Å². The molecule has 0 unspecified atom stereocenters. The first-order valence-corrected chi connectivity index (χ1v) is 15.0. The topological polar surface area (TPSA) is 134 Å². The molecule has 0 aliphatic heterocycles. The van der Waals surface area contributed by atoms with Crippen molar-refractivity contribution in [2.45, 2.75) is 26.3 Å². The molecule has 0 fully saturated rings. The van der Waals surface area contributed by atoms with E-state index in [1.807, 2.05) is 66.7 Å². The van der Waals surface area contributed by atoms with Gasteiger partial charge in [-0.25, -0.2) is 9.59 Å². The van der Waals surface area contributed by atoms with Crippen molar-refractivity contribution in [2.24, 2.45) is 0 Å². The molecule has 11 heteroatoms. The van der Waals surface area contributed by atoms with Gasteiger partial charge in [0.2, 0.25) is 0 Å². The van der Waals surface area contributed by atoms with Gasteiger partial charge in [0.1, 0.15) is 19.0 Å². The normalized spacial score (nSPS) is 10.7. The first-order chi connectivity index (χ1) is 21.7. The van der Waals surface area contributed by atoms with Gasteiger partial charge in [-0.1, -0.05) is 78.9 Å². The van der Waals surface area contributed by atoms with Crippen LogP contribution in [0.25, 0.3) is 0 Å². The number of carbonyl (C=O) groups excluding carboxylic acids is 2. The molecule has 11 nitrogen and oxygen atoms in total. The summed E-state index contributed by atoms with van der Waals surface area (Å²) in [6.07, 6.45) is -0.837. The molecule has 0 saturated heterocycles. The van der Waals surface area contributed by atoms with Crippen LogP contribution in [0, 0.1) is 0 Å². The van der Waals surface area contributed by atoms with Gasteiger partial charge in [0.05, 0.1) is 7.11 Å². The van der Waals surface area contributed by atoms with Gasteiger partial charge in [0.15, 0.2) is 0 Å². The Balaban J connectivity index is 1.18. The Morgan fingerprint density at radius 1 is 0.523 bits per heavy atom. The first kappa shape index (κ1) is 34.3. The Bertz CT molecular complexity index is 1130. The number of nitrogens with one attached hydrogen (secondary N) is 6. The van der Waals surface area contributed by atoms with E-state index in [9.17, 15) is 9.59 Å². The van der Waals surface area contributed by atoms with Crippen LogP contribution in [0.3, 0.4) is 0 Å². The van der Waals surface area contributed by atoms with Gasteiger partial charge < -0.3 is 46.1 Å². The maximum Gasteiger partial charge on any atom is 0.407 e. The largest absolute Gasteiger partial charge is 0.496 e. The van der Waals surface area contributed by atoms with Crippen LogP contribution in [0.15, 0.2) is 78.9 Å². The average Bonchev–Trinajstić information content (AvgIpc) is 3.06. The van der Waals surface area contributed by atoms with E-state index in [0.717, 1.165) is 54.2 Å². The number of benzene rings is 3.